The Bertz CT molecular complexity index is 593. The van der Waals surface area contributed by atoms with Crippen molar-refractivity contribution in [3.05, 3.63) is 45.9 Å². The molecule has 92 valence electrons. The van der Waals surface area contributed by atoms with E-state index in [1.165, 1.54) is 23.6 Å². The van der Waals surface area contributed by atoms with E-state index < -0.39 is 5.97 Å². The molecule has 1 aromatic carbocycles. The van der Waals surface area contributed by atoms with Gasteiger partial charge in [0.05, 0.1) is 17.3 Å². The summed E-state index contributed by atoms with van der Waals surface area (Å²) in [4.78, 5) is 26.9. The van der Waals surface area contributed by atoms with Crippen molar-refractivity contribution in [2.24, 2.45) is 0 Å². The number of nitrogens with zero attached hydrogens (tertiary/aromatic N) is 1. The summed E-state index contributed by atoms with van der Waals surface area (Å²) in [7, 11) is 0. The second-order valence-corrected chi connectivity index (χ2v) is 4.54. The van der Waals surface area contributed by atoms with Crippen LogP contribution in [0.2, 0.25) is 0 Å². The number of carboxylic acids is 1. The molecule has 0 aliphatic rings. The van der Waals surface area contributed by atoms with E-state index in [4.69, 9.17) is 5.11 Å². The molecule has 2 rings (SSSR count). The molecular formula is C12H10N2O3S. The number of thiazole rings is 1. The summed E-state index contributed by atoms with van der Waals surface area (Å²) in [6.07, 6.45) is 1.48. The standard InChI is InChI=1S/C12H10N2O3S/c1-7-4-8(2-3-9(7)12(16)17)14-11(15)10-5-13-6-18-10/h2-6H,1H3,(H,14,15)(H,16,17). The molecule has 6 heteroatoms. The molecule has 0 aliphatic carbocycles. The fourth-order valence-corrected chi connectivity index (χ4v) is 2.02. The number of carbonyl (C=O) groups is 2. The van der Waals surface area contributed by atoms with Gasteiger partial charge in [-0.15, -0.1) is 11.3 Å². The Kier molecular flexibility index (Phi) is 3.38. The summed E-state index contributed by atoms with van der Waals surface area (Å²) < 4.78 is 0. The van der Waals surface area contributed by atoms with Crippen molar-refractivity contribution in [3.63, 3.8) is 0 Å². The summed E-state index contributed by atoms with van der Waals surface area (Å²) in [6, 6.07) is 4.66. The highest BCUT2D eigenvalue weighted by Crippen LogP contribution is 2.17. The van der Waals surface area contributed by atoms with E-state index in [2.05, 4.69) is 10.3 Å². The lowest BCUT2D eigenvalue weighted by Gasteiger charge is -2.06. The number of carbonyl (C=O) groups excluding carboxylic acids is 1. The Balaban J connectivity index is 2.18. The van der Waals surface area contributed by atoms with Gasteiger partial charge < -0.3 is 10.4 Å². The van der Waals surface area contributed by atoms with Gasteiger partial charge in [-0.3, -0.25) is 9.78 Å². The molecule has 0 unspecified atom stereocenters. The minimum Gasteiger partial charge on any atom is -0.478 e. The Morgan fingerprint density at radius 3 is 2.72 bits per heavy atom. The number of nitrogens with one attached hydrogen (secondary N) is 1. The zero-order chi connectivity index (χ0) is 13.1. The molecule has 0 radical (unpaired) electrons. The van der Waals surface area contributed by atoms with Gasteiger partial charge in [0.25, 0.3) is 5.91 Å². The number of amides is 1. The van der Waals surface area contributed by atoms with Crippen LogP contribution in [0.25, 0.3) is 0 Å². The van der Waals surface area contributed by atoms with Crippen molar-refractivity contribution in [3.8, 4) is 0 Å². The highest BCUT2D eigenvalue weighted by molar-refractivity contribution is 7.11. The fourth-order valence-electron chi connectivity index (χ4n) is 1.50. The van der Waals surface area contributed by atoms with Crippen LogP contribution in [0.15, 0.2) is 29.9 Å². The SMILES string of the molecule is Cc1cc(NC(=O)c2cncs2)ccc1C(=O)O. The van der Waals surface area contributed by atoms with E-state index in [0.29, 0.717) is 16.1 Å². The Morgan fingerprint density at radius 1 is 1.39 bits per heavy atom. The number of rotatable bonds is 3. The van der Waals surface area contributed by atoms with Crippen molar-refractivity contribution in [1.82, 2.24) is 4.98 Å². The van der Waals surface area contributed by atoms with Gasteiger partial charge >= 0.3 is 5.97 Å². The second-order valence-electron chi connectivity index (χ2n) is 3.65. The first-order valence-electron chi connectivity index (χ1n) is 5.11. The Hall–Kier alpha value is -2.21. The van der Waals surface area contributed by atoms with Gasteiger partial charge in [-0.1, -0.05) is 0 Å². The van der Waals surface area contributed by atoms with Crippen LogP contribution >= 0.6 is 11.3 Å². The highest BCUT2D eigenvalue weighted by atomic mass is 32.1. The summed E-state index contributed by atoms with van der Waals surface area (Å²) >= 11 is 1.25. The predicted octanol–water partition coefficient (Wildman–Crippen LogP) is 2.40. The first-order chi connectivity index (χ1) is 8.58. The number of carboxylic acid groups (broad SMARTS) is 1. The first-order valence-corrected chi connectivity index (χ1v) is 5.99. The van der Waals surface area contributed by atoms with Crippen molar-refractivity contribution in [2.45, 2.75) is 6.92 Å². The highest BCUT2D eigenvalue weighted by Gasteiger charge is 2.10. The number of benzene rings is 1. The molecule has 0 atom stereocenters. The topological polar surface area (TPSA) is 79.3 Å². The monoisotopic (exact) mass is 262 g/mol. The summed E-state index contributed by atoms with van der Waals surface area (Å²) in [6.45, 7) is 1.69. The van der Waals surface area contributed by atoms with Gasteiger partial charge in [0, 0.05) is 5.69 Å². The minimum absolute atomic E-state index is 0.228. The maximum Gasteiger partial charge on any atom is 0.335 e. The van der Waals surface area contributed by atoms with E-state index in [9.17, 15) is 9.59 Å². The molecule has 18 heavy (non-hydrogen) atoms. The number of hydrogen-bond acceptors (Lipinski definition) is 4. The largest absolute Gasteiger partial charge is 0.478 e. The second kappa shape index (κ2) is 4.97. The molecule has 0 spiro atoms. The lowest BCUT2D eigenvalue weighted by Crippen LogP contribution is -2.11. The summed E-state index contributed by atoms with van der Waals surface area (Å²) in [5.41, 5.74) is 2.97. The zero-order valence-corrected chi connectivity index (χ0v) is 10.3. The third kappa shape index (κ3) is 2.54. The molecule has 2 aromatic rings. The Morgan fingerprint density at radius 2 is 2.17 bits per heavy atom. The number of hydrogen-bond donors (Lipinski definition) is 2. The predicted molar refractivity (Wildman–Crippen MR) is 68.2 cm³/mol. The van der Waals surface area contributed by atoms with Crippen LogP contribution in [0.5, 0.6) is 0 Å². The van der Waals surface area contributed by atoms with Crippen LogP contribution in [0, 0.1) is 6.92 Å². The van der Waals surface area contributed by atoms with E-state index >= 15 is 0 Å². The van der Waals surface area contributed by atoms with Gasteiger partial charge in [0.15, 0.2) is 0 Å². The summed E-state index contributed by atoms with van der Waals surface area (Å²) in [5.74, 6) is -1.23. The maximum atomic E-state index is 11.7. The molecular weight excluding hydrogens is 252 g/mol. The van der Waals surface area contributed by atoms with Crippen molar-refractivity contribution in [2.75, 3.05) is 5.32 Å². The van der Waals surface area contributed by atoms with Gasteiger partial charge in [-0.2, -0.15) is 0 Å². The smallest absolute Gasteiger partial charge is 0.335 e. The zero-order valence-electron chi connectivity index (χ0n) is 9.51. The van der Waals surface area contributed by atoms with Gasteiger partial charge in [-0.05, 0) is 30.7 Å². The molecule has 0 aliphatic heterocycles. The maximum absolute atomic E-state index is 11.7. The van der Waals surface area contributed by atoms with E-state index in [0.717, 1.165) is 0 Å². The first kappa shape index (κ1) is 12.3. The Labute approximate surface area is 107 Å². The third-order valence-electron chi connectivity index (χ3n) is 2.37. The van der Waals surface area contributed by atoms with Crippen molar-refractivity contribution < 1.29 is 14.7 Å². The molecule has 0 saturated heterocycles. The van der Waals surface area contributed by atoms with Crippen LogP contribution in [0.1, 0.15) is 25.6 Å². The molecule has 1 aromatic heterocycles. The third-order valence-corrected chi connectivity index (χ3v) is 3.14. The molecule has 0 bridgehead atoms. The van der Waals surface area contributed by atoms with Gasteiger partial charge in [0.1, 0.15) is 4.88 Å². The number of aryl methyl sites for hydroxylation is 1. The van der Waals surface area contributed by atoms with Gasteiger partial charge in [0.2, 0.25) is 0 Å². The molecule has 2 N–H and O–H groups in total. The fraction of sp³-hybridized carbons (Fsp3) is 0.0833. The van der Waals surface area contributed by atoms with Crippen LogP contribution in [0.4, 0.5) is 5.69 Å². The van der Waals surface area contributed by atoms with Crippen LogP contribution in [0.3, 0.4) is 0 Å². The lowest BCUT2D eigenvalue weighted by molar-refractivity contribution is 0.0696. The van der Waals surface area contributed by atoms with E-state index in [1.807, 2.05) is 0 Å². The molecule has 1 amide bonds. The summed E-state index contributed by atoms with van der Waals surface area (Å²) in [5, 5.41) is 11.6. The lowest BCUT2D eigenvalue weighted by atomic mass is 10.1. The number of anilines is 1. The quantitative estimate of drug-likeness (QED) is 0.890. The van der Waals surface area contributed by atoms with Crippen LogP contribution in [-0.4, -0.2) is 22.0 Å². The van der Waals surface area contributed by atoms with Crippen LogP contribution in [-0.2, 0) is 0 Å². The van der Waals surface area contributed by atoms with Crippen molar-refractivity contribution in [1.29, 1.82) is 0 Å². The molecule has 0 saturated carbocycles. The van der Waals surface area contributed by atoms with Gasteiger partial charge in [-0.25, -0.2) is 4.79 Å². The van der Waals surface area contributed by atoms with Crippen LogP contribution < -0.4 is 5.32 Å². The average Bonchev–Trinajstić information content (AvgIpc) is 2.81. The normalized spacial score (nSPS) is 10.1. The van der Waals surface area contributed by atoms with E-state index in [1.54, 1.807) is 24.6 Å². The average molecular weight is 262 g/mol. The minimum atomic E-state index is -0.979. The number of aromatic carboxylic acids is 1. The van der Waals surface area contributed by atoms with Crippen molar-refractivity contribution >= 4 is 28.9 Å². The molecule has 0 fully saturated rings. The molecule has 1 heterocycles. The number of aromatic nitrogens is 1. The van der Waals surface area contributed by atoms with E-state index in [-0.39, 0.29) is 11.5 Å². The molecule has 5 nitrogen and oxygen atoms in total.